The van der Waals surface area contributed by atoms with Crippen molar-refractivity contribution < 1.29 is 9.53 Å². The zero-order valence-electron chi connectivity index (χ0n) is 18.6. The Hall–Kier alpha value is -3.85. The van der Waals surface area contributed by atoms with E-state index >= 15 is 0 Å². The van der Waals surface area contributed by atoms with Gasteiger partial charge in [0.05, 0.1) is 17.9 Å². The lowest BCUT2D eigenvalue weighted by molar-refractivity contribution is 0.101. The Kier molecular flexibility index (Phi) is 5.70. The predicted molar refractivity (Wildman–Crippen MR) is 125 cm³/mol. The number of nitrogens with one attached hydrogen (secondary N) is 1. The molecule has 0 unspecified atom stereocenters. The maximum Gasteiger partial charge on any atom is 0.257 e. The molecule has 1 aliphatic heterocycles. The van der Waals surface area contributed by atoms with Crippen LogP contribution in [0.4, 0.5) is 5.82 Å². The number of rotatable bonds is 5. The number of anilines is 1. The average Bonchev–Trinajstić information content (AvgIpc) is 3.26. The van der Waals surface area contributed by atoms with Crippen molar-refractivity contribution in [3.63, 3.8) is 0 Å². The van der Waals surface area contributed by atoms with Crippen molar-refractivity contribution in [3.05, 3.63) is 60.8 Å². The molecular formula is C24H25N7O2. The topological polar surface area (TPSA) is 98.1 Å². The van der Waals surface area contributed by atoms with Gasteiger partial charge in [0.15, 0.2) is 0 Å². The van der Waals surface area contributed by atoms with E-state index < -0.39 is 0 Å². The van der Waals surface area contributed by atoms with E-state index in [9.17, 15) is 4.79 Å². The van der Waals surface area contributed by atoms with Gasteiger partial charge in [-0.2, -0.15) is 5.10 Å². The molecule has 4 aromatic rings. The van der Waals surface area contributed by atoms with Crippen molar-refractivity contribution in [1.82, 2.24) is 29.6 Å². The fourth-order valence-electron chi connectivity index (χ4n) is 3.90. The molecule has 1 aliphatic rings. The molecule has 0 saturated carbocycles. The molecule has 5 rings (SSSR count). The van der Waals surface area contributed by atoms with Gasteiger partial charge < -0.3 is 15.0 Å². The third kappa shape index (κ3) is 4.83. The molecule has 5 heterocycles. The quantitative estimate of drug-likeness (QED) is 0.506. The molecule has 1 amide bonds. The average molecular weight is 444 g/mol. The van der Waals surface area contributed by atoms with Crippen molar-refractivity contribution in [2.75, 3.05) is 25.5 Å². The number of pyridine rings is 3. The summed E-state index contributed by atoms with van der Waals surface area (Å²) in [6.45, 7) is 1.99. The fourth-order valence-corrected chi connectivity index (χ4v) is 3.90. The highest BCUT2D eigenvalue weighted by Crippen LogP contribution is 2.24. The molecule has 1 saturated heterocycles. The molecule has 1 N–H and O–H groups in total. The molecular weight excluding hydrogens is 418 g/mol. The third-order valence-electron chi connectivity index (χ3n) is 5.80. The maximum atomic E-state index is 12.9. The van der Waals surface area contributed by atoms with Crippen LogP contribution in [0.25, 0.3) is 22.0 Å². The number of hydrogen-bond donors (Lipinski definition) is 1. The summed E-state index contributed by atoms with van der Waals surface area (Å²) >= 11 is 0. The molecule has 0 aliphatic carbocycles. The van der Waals surface area contributed by atoms with Gasteiger partial charge in [-0.05, 0) is 38.1 Å². The standard InChI is InChI=1S/C24H25N7O2/c1-30-7-4-20(5-8-30)33-23-11-16(3-6-25-23)24(32)29-22-10-17-9-18(12-26-21(17)14-27-22)19-13-28-31(2)15-19/h3,6,9-15,20H,4-5,7-8H2,1-2H3,(H,27,29,32). The van der Waals surface area contributed by atoms with Crippen molar-refractivity contribution in [3.8, 4) is 17.0 Å². The Morgan fingerprint density at radius 3 is 2.67 bits per heavy atom. The van der Waals surface area contributed by atoms with Gasteiger partial charge in [-0.25, -0.2) is 9.97 Å². The van der Waals surface area contributed by atoms with Gasteiger partial charge >= 0.3 is 0 Å². The minimum Gasteiger partial charge on any atom is -0.474 e. The number of aryl methyl sites for hydroxylation is 1. The van der Waals surface area contributed by atoms with Crippen LogP contribution in [0, 0.1) is 0 Å². The van der Waals surface area contributed by atoms with E-state index in [4.69, 9.17) is 4.74 Å². The molecule has 0 aromatic carbocycles. The van der Waals surface area contributed by atoms with E-state index in [1.807, 2.05) is 25.4 Å². The minimum atomic E-state index is -0.270. The molecule has 33 heavy (non-hydrogen) atoms. The first-order valence-corrected chi connectivity index (χ1v) is 10.9. The number of piperidine rings is 1. The number of nitrogens with zero attached hydrogens (tertiary/aromatic N) is 6. The lowest BCUT2D eigenvalue weighted by atomic mass is 10.1. The number of aromatic nitrogens is 5. The van der Waals surface area contributed by atoms with Gasteiger partial charge in [0.25, 0.3) is 5.91 Å². The summed E-state index contributed by atoms with van der Waals surface area (Å²) in [4.78, 5) is 28.2. The summed E-state index contributed by atoms with van der Waals surface area (Å²) < 4.78 is 7.76. The molecule has 168 valence electrons. The normalized spacial score (nSPS) is 15.0. The number of fused-ring (bicyclic) bond motifs is 1. The van der Waals surface area contributed by atoms with Crippen LogP contribution in [-0.2, 0) is 7.05 Å². The van der Waals surface area contributed by atoms with Gasteiger partial charge in [-0.1, -0.05) is 0 Å². The van der Waals surface area contributed by atoms with Crippen molar-refractivity contribution in [2.24, 2.45) is 7.05 Å². The summed E-state index contributed by atoms with van der Waals surface area (Å²) in [6.07, 6.45) is 10.8. The van der Waals surface area contributed by atoms with Crippen LogP contribution < -0.4 is 10.1 Å². The number of likely N-dealkylation sites (tertiary alicyclic amines) is 1. The van der Waals surface area contributed by atoms with Crippen LogP contribution in [-0.4, -0.2) is 61.8 Å². The number of hydrogen-bond acceptors (Lipinski definition) is 7. The van der Waals surface area contributed by atoms with Gasteiger partial charge in [-0.3, -0.25) is 14.5 Å². The highest BCUT2D eigenvalue weighted by Gasteiger charge is 2.19. The van der Waals surface area contributed by atoms with Crippen LogP contribution in [0.5, 0.6) is 5.88 Å². The first-order valence-electron chi connectivity index (χ1n) is 10.9. The second-order valence-corrected chi connectivity index (χ2v) is 8.35. The number of carbonyl (C=O) groups excluding carboxylic acids is 1. The molecule has 0 radical (unpaired) electrons. The minimum absolute atomic E-state index is 0.121. The van der Waals surface area contributed by atoms with Crippen LogP contribution in [0.15, 0.2) is 55.2 Å². The van der Waals surface area contributed by atoms with Gasteiger partial charge in [0, 0.05) is 66.9 Å². The van der Waals surface area contributed by atoms with E-state index in [2.05, 4.69) is 37.3 Å². The zero-order valence-corrected chi connectivity index (χ0v) is 18.6. The summed E-state index contributed by atoms with van der Waals surface area (Å²) in [5.74, 6) is 0.648. The number of ether oxygens (including phenoxy) is 1. The van der Waals surface area contributed by atoms with Gasteiger partial charge in [0.2, 0.25) is 5.88 Å². The molecule has 9 heteroatoms. The van der Waals surface area contributed by atoms with Crippen molar-refractivity contribution >= 4 is 22.6 Å². The lowest BCUT2D eigenvalue weighted by Crippen LogP contribution is -2.35. The summed E-state index contributed by atoms with van der Waals surface area (Å²) in [6, 6.07) is 7.17. The largest absolute Gasteiger partial charge is 0.474 e. The Morgan fingerprint density at radius 1 is 1.03 bits per heavy atom. The monoisotopic (exact) mass is 443 g/mol. The van der Waals surface area contributed by atoms with Crippen molar-refractivity contribution in [1.29, 1.82) is 0 Å². The van der Waals surface area contributed by atoms with Crippen LogP contribution in [0.2, 0.25) is 0 Å². The third-order valence-corrected chi connectivity index (χ3v) is 5.80. The van der Waals surface area contributed by atoms with Gasteiger partial charge in [-0.15, -0.1) is 0 Å². The molecule has 4 aromatic heterocycles. The summed E-state index contributed by atoms with van der Waals surface area (Å²) in [7, 11) is 3.98. The maximum absolute atomic E-state index is 12.9. The SMILES string of the molecule is CN1CCC(Oc2cc(C(=O)Nc3cc4cc(-c5cnn(C)c5)cnc4cn3)ccn2)CC1. The molecule has 0 bridgehead atoms. The van der Waals surface area contributed by atoms with Crippen LogP contribution in [0.3, 0.4) is 0 Å². The van der Waals surface area contributed by atoms with Crippen LogP contribution >= 0.6 is 0 Å². The number of amides is 1. The number of carbonyl (C=O) groups is 1. The smallest absolute Gasteiger partial charge is 0.257 e. The van der Waals surface area contributed by atoms with E-state index in [1.54, 1.807) is 41.6 Å². The van der Waals surface area contributed by atoms with E-state index in [0.717, 1.165) is 48.0 Å². The first kappa shape index (κ1) is 21.0. The van der Waals surface area contributed by atoms with E-state index in [-0.39, 0.29) is 12.0 Å². The summed E-state index contributed by atoms with van der Waals surface area (Å²) in [5, 5.41) is 7.96. The second kappa shape index (κ2) is 8.95. The Morgan fingerprint density at radius 2 is 1.88 bits per heavy atom. The van der Waals surface area contributed by atoms with Gasteiger partial charge in [0.1, 0.15) is 11.9 Å². The molecule has 9 nitrogen and oxygen atoms in total. The first-order chi connectivity index (χ1) is 16.0. The predicted octanol–water partition coefficient (Wildman–Crippen LogP) is 3.15. The zero-order chi connectivity index (χ0) is 22.8. The van der Waals surface area contributed by atoms with Crippen molar-refractivity contribution in [2.45, 2.75) is 18.9 Å². The molecule has 0 atom stereocenters. The van der Waals surface area contributed by atoms with E-state index in [0.29, 0.717) is 17.3 Å². The molecule has 0 spiro atoms. The Bertz CT molecular complexity index is 1290. The lowest BCUT2D eigenvalue weighted by Gasteiger charge is -2.28. The highest BCUT2D eigenvalue weighted by molar-refractivity contribution is 6.04. The summed E-state index contributed by atoms with van der Waals surface area (Å²) in [5.41, 5.74) is 3.14. The second-order valence-electron chi connectivity index (χ2n) is 8.35. The Balaban J connectivity index is 1.31. The fraction of sp³-hybridized carbons (Fsp3) is 0.292. The van der Waals surface area contributed by atoms with E-state index in [1.165, 1.54) is 0 Å². The highest BCUT2D eigenvalue weighted by atomic mass is 16.5. The molecule has 1 fully saturated rings. The van der Waals surface area contributed by atoms with Crippen LogP contribution in [0.1, 0.15) is 23.2 Å². The Labute approximate surface area is 191 Å².